The molecule has 2 N–H and O–H groups in total. The molecule has 0 atom stereocenters. The monoisotopic (exact) mass is 475 g/mol. The summed E-state index contributed by atoms with van der Waals surface area (Å²) in [5.74, 6) is -0.420. The molecule has 0 bridgehead atoms. The van der Waals surface area contributed by atoms with E-state index < -0.39 is 27.2 Å². The van der Waals surface area contributed by atoms with Crippen LogP contribution in [0.5, 0.6) is 0 Å². The Kier molecular flexibility index (Phi) is 4.91. The molecule has 32 heavy (non-hydrogen) atoms. The minimum atomic E-state index is -2.99. The largest absolute Gasteiger partial charge is 0.338 e. The van der Waals surface area contributed by atoms with Crippen molar-refractivity contribution in [2.45, 2.75) is 0 Å². The number of rotatable bonds is 4. The van der Waals surface area contributed by atoms with Crippen LogP contribution >= 0.6 is 11.6 Å². The lowest BCUT2D eigenvalue weighted by Gasteiger charge is -2.27. The molecule has 1 fully saturated rings. The molecule has 3 aromatic rings. The first kappa shape index (κ1) is 20.9. The molecule has 2 aromatic heterocycles. The number of sulfone groups is 1. The van der Waals surface area contributed by atoms with Crippen LogP contribution in [-0.2, 0) is 9.84 Å². The van der Waals surface area contributed by atoms with Crippen LogP contribution in [0.3, 0.4) is 0 Å². The van der Waals surface area contributed by atoms with Crippen molar-refractivity contribution in [1.29, 1.82) is 0 Å². The summed E-state index contributed by atoms with van der Waals surface area (Å²) >= 11 is 6.14. The quantitative estimate of drug-likeness (QED) is 0.535. The highest BCUT2D eigenvalue weighted by Crippen LogP contribution is 2.29. The van der Waals surface area contributed by atoms with Crippen LogP contribution in [0.15, 0.2) is 29.2 Å². The van der Waals surface area contributed by atoms with Gasteiger partial charge >= 0.3 is 0 Å². The maximum absolute atomic E-state index is 12.9. The number of halogens is 1. The smallest absolute Gasteiger partial charge is 0.261 e. The van der Waals surface area contributed by atoms with Crippen molar-refractivity contribution in [3.8, 4) is 11.4 Å². The van der Waals surface area contributed by atoms with Crippen molar-refractivity contribution in [3.63, 3.8) is 0 Å². The number of aromatic amines is 2. The molecule has 0 aliphatic carbocycles. The van der Waals surface area contributed by atoms with E-state index >= 15 is 0 Å². The van der Waals surface area contributed by atoms with E-state index in [2.05, 4.69) is 15.0 Å². The Morgan fingerprint density at radius 2 is 1.72 bits per heavy atom. The number of carbonyl (C=O) groups excluding carboxylic acids is 2. The third kappa shape index (κ3) is 3.51. The molecule has 1 saturated heterocycles. The summed E-state index contributed by atoms with van der Waals surface area (Å²) < 4.78 is 23.1. The molecule has 5 rings (SSSR count). The van der Waals surface area contributed by atoms with Crippen LogP contribution in [-0.4, -0.2) is 82.7 Å². The molecule has 0 unspecified atom stereocenters. The number of hydrogen-bond acceptors (Lipinski definition) is 7. The van der Waals surface area contributed by atoms with Gasteiger partial charge in [-0.2, -0.15) is 0 Å². The summed E-state index contributed by atoms with van der Waals surface area (Å²) in [6, 6.07) is 4.62. The second-order valence-corrected chi connectivity index (χ2v) is 10.5. The van der Waals surface area contributed by atoms with Gasteiger partial charge in [0.25, 0.3) is 17.4 Å². The van der Waals surface area contributed by atoms with E-state index in [1.54, 1.807) is 6.07 Å². The van der Waals surface area contributed by atoms with E-state index in [0.717, 1.165) is 0 Å². The zero-order chi connectivity index (χ0) is 22.6. The van der Waals surface area contributed by atoms with Crippen molar-refractivity contribution in [3.05, 3.63) is 50.9 Å². The number of aromatic nitrogens is 3. The summed E-state index contributed by atoms with van der Waals surface area (Å²) in [5.41, 5.74) is 1.20. The van der Waals surface area contributed by atoms with Crippen molar-refractivity contribution in [2.24, 2.45) is 0 Å². The lowest BCUT2D eigenvalue weighted by atomic mass is 10.1. The number of fused-ring (bicyclic) bond motifs is 2. The van der Waals surface area contributed by atoms with Crippen molar-refractivity contribution in [2.75, 3.05) is 37.7 Å². The highest BCUT2D eigenvalue weighted by atomic mass is 35.5. The fraction of sp³-hybridized carbons (Fsp3) is 0.300. The van der Waals surface area contributed by atoms with Gasteiger partial charge in [0, 0.05) is 32.4 Å². The Morgan fingerprint density at radius 1 is 1.03 bits per heavy atom. The lowest BCUT2D eigenvalue weighted by molar-refractivity contribution is 0.0637. The maximum atomic E-state index is 12.9. The zero-order valence-corrected chi connectivity index (χ0v) is 18.3. The van der Waals surface area contributed by atoms with Gasteiger partial charge in [0.2, 0.25) is 0 Å². The van der Waals surface area contributed by atoms with Gasteiger partial charge in [-0.3, -0.25) is 24.2 Å². The fourth-order valence-electron chi connectivity index (χ4n) is 4.01. The molecule has 2 amide bonds. The highest BCUT2D eigenvalue weighted by molar-refractivity contribution is 7.91. The molecule has 10 nitrogen and oxygen atoms in total. The molecule has 166 valence electrons. The Hall–Kier alpha value is -3.02. The maximum Gasteiger partial charge on any atom is 0.261 e. The van der Waals surface area contributed by atoms with Crippen molar-refractivity contribution in [1.82, 2.24) is 24.8 Å². The number of carbonyl (C=O) groups is 2. The Bertz CT molecular complexity index is 1380. The van der Waals surface area contributed by atoms with E-state index in [0.29, 0.717) is 30.7 Å². The molecule has 0 radical (unpaired) electrons. The predicted molar refractivity (Wildman–Crippen MR) is 118 cm³/mol. The van der Waals surface area contributed by atoms with E-state index in [4.69, 9.17) is 11.6 Å². The van der Waals surface area contributed by atoms with Crippen molar-refractivity contribution >= 4 is 44.3 Å². The number of benzene rings is 1. The first-order chi connectivity index (χ1) is 15.2. The Labute approximate surface area is 187 Å². The Balaban J connectivity index is 1.40. The first-order valence-electron chi connectivity index (χ1n) is 9.94. The molecular weight excluding hydrogens is 458 g/mol. The third-order valence-electron chi connectivity index (χ3n) is 5.80. The summed E-state index contributed by atoms with van der Waals surface area (Å²) in [6.07, 6.45) is 1.43. The minimum Gasteiger partial charge on any atom is -0.338 e. The van der Waals surface area contributed by atoms with Gasteiger partial charge < -0.3 is 9.97 Å². The number of nitrogens with zero attached hydrogens (tertiary/aromatic N) is 3. The van der Waals surface area contributed by atoms with Crippen LogP contribution in [0.2, 0.25) is 5.02 Å². The van der Waals surface area contributed by atoms with Crippen LogP contribution in [0.1, 0.15) is 20.7 Å². The number of pyridine rings is 1. The summed E-state index contributed by atoms with van der Waals surface area (Å²) in [6.45, 7) is 1.37. The summed E-state index contributed by atoms with van der Waals surface area (Å²) in [5, 5.41) is 0.226. The van der Waals surface area contributed by atoms with Crippen LogP contribution < -0.4 is 5.56 Å². The molecule has 1 aromatic carbocycles. The highest BCUT2D eigenvalue weighted by Gasteiger charge is 2.36. The predicted octanol–water partition coefficient (Wildman–Crippen LogP) is 0.898. The van der Waals surface area contributed by atoms with E-state index in [9.17, 15) is 22.8 Å². The van der Waals surface area contributed by atoms with Gasteiger partial charge in [0.15, 0.2) is 9.84 Å². The molecule has 12 heteroatoms. The molecule has 4 heterocycles. The van der Waals surface area contributed by atoms with Crippen molar-refractivity contribution < 1.29 is 18.0 Å². The minimum absolute atomic E-state index is 0.0854. The SMILES string of the molecule is O=C1c2cc3nc(-c4c(Cl)cc[nH]c4=O)[nH]c3cc2C(=O)N1CCN1CCS(=O)(=O)CC1. The summed E-state index contributed by atoms with van der Waals surface area (Å²) in [4.78, 5) is 51.0. The van der Waals surface area contributed by atoms with Gasteiger partial charge in [-0.15, -0.1) is 0 Å². The molecule has 2 aliphatic heterocycles. The molecule has 0 spiro atoms. The zero-order valence-electron chi connectivity index (χ0n) is 16.7. The normalized spacial score (nSPS) is 18.5. The molecule has 2 aliphatic rings. The average Bonchev–Trinajstić information content (AvgIpc) is 3.25. The number of imide groups is 1. The molecule has 0 saturated carbocycles. The number of nitrogens with one attached hydrogen (secondary N) is 2. The standard InChI is InChI=1S/C20H18ClN5O5S/c21-13-1-2-22-18(27)16(13)17-23-14-9-11-12(10-15(14)24-17)20(29)26(19(11)28)4-3-25-5-7-32(30,31)8-6-25/h1-2,9-10H,3-8H2,(H,22,27)(H,23,24). The second kappa shape index (κ2) is 7.54. The van der Waals surface area contributed by atoms with E-state index in [1.807, 2.05) is 4.90 Å². The van der Waals surface area contributed by atoms with Gasteiger partial charge in [-0.1, -0.05) is 11.6 Å². The fourth-order valence-corrected chi connectivity index (χ4v) is 5.52. The number of imidazole rings is 1. The first-order valence-corrected chi connectivity index (χ1v) is 12.1. The number of hydrogen-bond donors (Lipinski definition) is 2. The average molecular weight is 476 g/mol. The van der Waals surface area contributed by atoms with Crippen LogP contribution in [0.4, 0.5) is 0 Å². The van der Waals surface area contributed by atoms with Crippen LogP contribution in [0.25, 0.3) is 22.4 Å². The number of amides is 2. The van der Waals surface area contributed by atoms with Gasteiger partial charge in [-0.25, -0.2) is 13.4 Å². The lowest BCUT2D eigenvalue weighted by Crippen LogP contribution is -2.45. The molecular formula is C20H18ClN5O5S. The van der Waals surface area contributed by atoms with E-state index in [1.165, 1.54) is 23.2 Å². The van der Waals surface area contributed by atoms with Crippen LogP contribution in [0, 0.1) is 0 Å². The van der Waals surface area contributed by atoms with E-state index in [-0.39, 0.29) is 45.6 Å². The van der Waals surface area contributed by atoms with Gasteiger partial charge in [0.1, 0.15) is 11.4 Å². The van der Waals surface area contributed by atoms with Gasteiger partial charge in [-0.05, 0) is 18.2 Å². The second-order valence-electron chi connectivity index (χ2n) is 7.79. The third-order valence-corrected chi connectivity index (χ3v) is 7.72. The topological polar surface area (TPSA) is 136 Å². The number of H-pyrrole nitrogens is 2. The Morgan fingerprint density at radius 3 is 2.41 bits per heavy atom. The summed E-state index contributed by atoms with van der Waals surface area (Å²) in [7, 11) is -2.99. The van der Waals surface area contributed by atoms with Gasteiger partial charge in [0.05, 0.1) is 38.7 Å².